The van der Waals surface area contributed by atoms with Gasteiger partial charge in [-0.25, -0.2) is 4.79 Å². The fraction of sp³-hybridized carbons (Fsp3) is 0.533. The summed E-state index contributed by atoms with van der Waals surface area (Å²) in [7, 11) is 0. The van der Waals surface area contributed by atoms with Crippen LogP contribution in [0.2, 0.25) is 0 Å². The van der Waals surface area contributed by atoms with Crippen molar-refractivity contribution in [2.24, 2.45) is 0 Å². The Bertz CT molecular complexity index is 399. The van der Waals surface area contributed by atoms with Gasteiger partial charge in [-0.1, -0.05) is 30.3 Å². The third-order valence-electron chi connectivity index (χ3n) is 3.37. The first-order chi connectivity index (χ1) is 9.27. The number of carbonyl (C=O) groups is 1. The second-order valence-corrected chi connectivity index (χ2v) is 4.81. The molecule has 4 heteroatoms. The number of hydrogen-bond donors (Lipinski definition) is 1. The molecule has 0 saturated carbocycles. The Hall–Kier alpha value is -1.39. The third kappa shape index (κ3) is 3.55. The molecule has 0 radical (unpaired) electrons. The van der Waals surface area contributed by atoms with E-state index < -0.39 is 5.54 Å². The maximum absolute atomic E-state index is 12.0. The number of hydrogen-bond acceptors (Lipinski definition) is 4. The molecule has 2 rings (SSSR count). The van der Waals surface area contributed by atoms with Gasteiger partial charge >= 0.3 is 5.97 Å². The van der Waals surface area contributed by atoms with Crippen molar-refractivity contribution in [2.45, 2.75) is 31.9 Å². The van der Waals surface area contributed by atoms with Gasteiger partial charge in [0.25, 0.3) is 0 Å². The van der Waals surface area contributed by atoms with Crippen LogP contribution >= 0.6 is 0 Å². The lowest BCUT2D eigenvalue weighted by atomic mass is 9.99. The van der Waals surface area contributed by atoms with E-state index >= 15 is 0 Å². The number of rotatable bonds is 6. The molecule has 1 aliphatic heterocycles. The van der Waals surface area contributed by atoms with Crippen LogP contribution in [-0.4, -0.2) is 31.3 Å². The number of esters is 1. The van der Waals surface area contributed by atoms with Crippen LogP contribution in [0.15, 0.2) is 30.3 Å². The number of benzene rings is 1. The molecular formula is C15H21NO3. The van der Waals surface area contributed by atoms with Crippen LogP contribution in [-0.2, 0) is 20.9 Å². The quantitative estimate of drug-likeness (QED) is 0.796. The molecule has 1 aromatic carbocycles. The van der Waals surface area contributed by atoms with Crippen molar-refractivity contribution < 1.29 is 14.3 Å². The van der Waals surface area contributed by atoms with Gasteiger partial charge in [0.1, 0.15) is 5.54 Å². The zero-order valence-corrected chi connectivity index (χ0v) is 11.4. The Labute approximate surface area is 114 Å². The first-order valence-corrected chi connectivity index (χ1v) is 6.81. The van der Waals surface area contributed by atoms with Gasteiger partial charge in [0.15, 0.2) is 0 Å². The summed E-state index contributed by atoms with van der Waals surface area (Å²) in [6, 6.07) is 9.96. The predicted molar refractivity (Wildman–Crippen MR) is 72.7 cm³/mol. The standard InChI is InChI=1S/C15H21NO3/c1-2-19-14(17)15(9-6-10-16-15)12-18-11-13-7-4-3-5-8-13/h3-5,7-8,16H,2,6,9-12H2,1H3. The number of ether oxygens (including phenoxy) is 2. The maximum Gasteiger partial charge on any atom is 0.328 e. The van der Waals surface area contributed by atoms with Crippen molar-refractivity contribution in [3.63, 3.8) is 0 Å². The van der Waals surface area contributed by atoms with Crippen LogP contribution in [0.3, 0.4) is 0 Å². The molecule has 4 nitrogen and oxygen atoms in total. The fourth-order valence-electron chi connectivity index (χ4n) is 2.35. The molecular weight excluding hydrogens is 242 g/mol. The van der Waals surface area contributed by atoms with Gasteiger partial charge in [0.2, 0.25) is 0 Å². The zero-order chi connectivity index (χ0) is 13.6. The number of nitrogens with one attached hydrogen (secondary N) is 1. The highest BCUT2D eigenvalue weighted by Crippen LogP contribution is 2.22. The highest BCUT2D eigenvalue weighted by Gasteiger charge is 2.42. The minimum atomic E-state index is -0.648. The molecule has 1 saturated heterocycles. The Kier molecular flexibility index (Phi) is 4.93. The van der Waals surface area contributed by atoms with Gasteiger partial charge in [-0.15, -0.1) is 0 Å². The molecule has 1 aromatic rings. The molecule has 0 aromatic heterocycles. The lowest BCUT2D eigenvalue weighted by molar-refractivity contribution is -0.153. The Balaban J connectivity index is 1.89. The van der Waals surface area contributed by atoms with Crippen molar-refractivity contribution in [3.05, 3.63) is 35.9 Å². The van der Waals surface area contributed by atoms with Crippen molar-refractivity contribution >= 4 is 5.97 Å². The second kappa shape index (κ2) is 6.68. The van der Waals surface area contributed by atoms with Crippen LogP contribution in [0.4, 0.5) is 0 Å². The summed E-state index contributed by atoms with van der Waals surface area (Å²) in [6.45, 7) is 3.95. The summed E-state index contributed by atoms with van der Waals surface area (Å²) >= 11 is 0. The first-order valence-electron chi connectivity index (χ1n) is 6.81. The molecule has 1 atom stereocenters. The lowest BCUT2D eigenvalue weighted by Gasteiger charge is -2.26. The monoisotopic (exact) mass is 263 g/mol. The topological polar surface area (TPSA) is 47.6 Å². The van der Waals surface area contributed by atoms with Crippen LogP contribution in [0.5, 0.6) is 0 Å². The van der Waals surface area contributed by atoms with Gasteiger partial charge in [-0.05, 0) is 31.9 Å². The molecule has 1 aliphatic rings. The summed E-state index contributed by atoms with van der Waals surface area (Å²) < 4.78 is 10.9. The average Bonchev–Trinajstić information content (AvgIpc) is 2.90. The maximum atomic E-state index is 12.0. The van der Waals surface area contributed by atoms with E-state index in [1.54, 1.807) is 0 Å². The van der Waals surface area contributed by atoms with Crippen molar-refractivity contribution in [2.75, 3.05) is 19.8 Å². The van der Waals surface area contributed by atoms with E-state index in [0.717, 1.165) is 24.9 Å². The van der Waals surface area contributed by atoms with E-state index in [1.807, 2.05) is 37.3 Å². The Morgan fingerprint density at radius 3 is 2.79 bits per heavy atom. The highest BCUT2D eigenvalue weighted by atomic mass is 16.5. The molecule has 0 amide bonds. The molecule has 19 heavy (non-hydrogen) atoms. The van der Waals surface area contributed by atoms with E-state index in [0.29, 0.717) is 19.8 Å². The molecule has 1 heterocycles. The largest absolute Gasteiger partial charge is 0.465 e. The van der Waals surface area contributed by atoms with Gasteiger partial charge in [0.05, 0.1) is 19.8 Å². The molecule has 0 aliphatic carbocycles. The summed E-state index contributed by atoms with van der Waals surface area (Å²) in [5.74, 6) is -0.194. The van der Waals surface area contributed by atoms with Crippen molar-refractivity contribution in [1.29, 1.82) is 0 Å². The molecule has 1 unspecified atom stereocenters. The summed E-state index contributed by atoms with van der Waals surface area (Å²) in [4.78, 5) is 12.0. The molecule has 1 fully saturated rings. The molecule has 104 valence electrons. The molecule has 0 spiro atoms. The average molecular weight is 263 g/mol. The SMILES string of the molecule is CCOC(=O)C1(COCc2ccccc2)CCCN1. The second-order valence-electron chi connectivity index (χ2n) is 4.81. The van der Waals surface area contributed by atoms with E-state index in [9.17, 15) is 4.79 Å². The van der Waals surface area contributed by atoms with Crippen molar-refractivity contribution in [3.8, 4) is 0 Å². The summed E-state index contributed by atoms with van der Waals surface area (Å²) in [5, 5.41) is 3.24. The smallest absolute Gasteiger partial charge is 0.328 e. The van der Waals surface area contributed by atoms with Crippen LogP contribution < -0.4 is 5.32 Å². The fourth-order valence-corrected chi connectivity index (χ4v) is 2.35. The van der Waals surface area contributed by atoms with Gasteiger partial charge in [-0.2, -0.15) is 0 Å². The van der Waals surface area contributed by atoms with Crippen LogP contribution in [0, 0.1) is 0 Å². The predicted octanol–water partition coefficient (Wildman–Crippen LogP) is 1.89. The van der Waals surface area contributed by atoms with E-state index in [1.165, 1.54) is 0 Å². The van der Waals surface area contributed by atoms with Crippen molar-refractivity contribution in [1.82, 2.24) is 5.32 Å². The van der Waals surface area contributed by atoms with E-state index in [2.05, 4.69) is 5.32 Å². The Morgan fingerprint density at radius 1 is 1.37 bits per heavy atom. The molecule has 0 bridgehead atoms. The summed E-state index contributed by atoms with van der Waals surface area (Å²) in [5.41, 5.74) is 0.463. The number of carbonyl (C=O) groups excluding carboxylic acids is 1. The van der Waals surface area contributed by atoms with Crippen LogP contribution in [0.1, 0.15) is 25.3 Å². The third-order valence-corrected chi connectivity index (χ3v) is 3.37. The first kappa shape index (κ1) is 14.0. The van der Waals surface area contributed by atoms with Gasteiger partial charge in [-0.3, -0.25) is 5.32 Å². The van der Waals surface area contributed by atoms with E-state index in [-0.39, 0.29) is 5.97 Å². The summed E-state index contributed by atoms with van der Waals surface area (Å²) in [6.07, 6.45) is 1.76. The minimum absolute atomic E-state index is 0.194. The normalized spacial score (nSPS) is 22.4. The molecule has 1 N–H and O–H groups in total. The van der Waals surface area contributed by atoms with Crippen LogP contribution in [0.25, 0.3) is 0 Å². The van der Waals surface area contributed by atoms with Gasteiger partial charge in [0, 0.05) is 0 Å². The van der Waals surface area contributed by atoms with Gasteiger partial charge < -0.3 is 9.47 Å². The zero-order valence-electron chi connectivity index (χ0n) is 11.4. The minimum Gasteiger partial charge on any atom is -0.465 e. The van der Waals surface area contributed by atoms with E-state index in [4.69, 9.17) is 9.47 Å². The Morgan fingerprint density at radius 2 is 2.16 bits per heavy atom. The lowest BCUT2D eigenvalue weighted by Crippen LogP contribution is -2.52. The highest BCUT2D eigenvalue weighted by molar-refractivity contribution is 5.81.